The van der Waals surface area contributed by atoms with Crippen LogP contribution in [0.25, 0.3) is 5.69 Å². The molecule has 0 atom stereocenters. The van der Waals surface area contributed by atoms with E-state index < -0.39 is 0 Å². The standard InChI is InChI=1S/C16H14ClN3S/c1-11-5-7-14(8-6-11)20-15(18-19-16(20)21)10-12-3-2-4-13(17)9-12/h2-9H,10H2,1H3,(H,19,21). The van der Waals surface area contributed by atoms with Gasteiger partial charge in [-0.25, -0.2) is 0 Å². The maximum Gasteiger partial charge on any atom is 0.199 e. The largest absolute Gasteiger partial charge is 0.272 e. The number of aryl methyl sites for hydroxylation is 1. The average molecular weight is 316 g/mol. The highest BCUT2D eigenvalue weighted by Gasteiger charge is 2.09. The van der Waals surface area contributed by atoms with Gasteiger partial charge < -0.3 is 0 Å². The molecule has 3 rings (SSSR count). The van der Waals surface area contributed by atoms with Gasteiger partial charge >= 0.3 is 0 Å². The molecular weight excluding hydrogens is 302 g/mol. The van der Waals surface area contributed by atoms with Crippen LogP contribution in [0, 0.1) is 11.7 Å². The number of aromatic nitrogens is 3. The molecule has 0 amide bonds. The van der Waals surface area contributed by atoms with E-state index in [1.807, 2.05) is 41.0 Å². The van der Waals surface area contributed by atoms with E-state index in [4.69, 9.17) is 23.8 Å². The second kappa shape index (κ2) is 5.84. The summed E-state index contributed by atoms with van der Waals surface area (Å²) in [7, 11) is 0. The second-order valence-corrected chi connectivity index (χ2v) is 5.75. The van der Waals surface area contributed by atoms with Crippen molar-refractivity contribution < 1.29 is 0 Å². The van der Waals surface area contributed by atoms with E-state index in [9.17, 15) is 0 Å². The summed E-state index contributed by atoms with van der Waals surface area (Å²) in [6.45, 7) is 2.06. The summed E-state index contributed by atoms with van der Waals surface area (Å²) in [5, 5.41) is 7.94. The van der Waals surface area contributed by atoms with Crippen molar-refractivity contribution in [3.05, 3.63) is 75.3 Å². The Labute approximate surface area is 133 Å². The molecule has 5 heteroatoms. The van der Waals surface area contributed by atoms with Crippen molar-refractivity contribution >= 4 is 23.8 Å². The molecule has 0 unspecified atom stereocenters. The normalized spacial score (nSPS) is 10.8. The molecule has 106 valence electrons. The van der Waals surface area contributed by atoms with Gasteiger partial charge in [0.15, 0.2) is 4.77 Å². The summed E-state index contributed by atoms with van der Waals surface area (Å²) < 4.78 is 2.55. The van der Waals surface area contributed by atoms with Gasteiger partial charge in [0.1, 0.15) is 5.82 Å². The van der Waals surface area contributed by atoms with Crippen LogP contribution in [0.1, 0.15) is 17.0 Å². The molecule has 0 fully saturated rings. The second-order valence-electron chi connectivity index (χ2n) is 4.92. The predicted molar refractivity (Wildman–Crippen MR) is 87.7 cm³/mol. The first-order valence-corrected chi connectivity index (χ1v) is 7.40. The molecule has 3 aromatic rings. The van der Waals surface area contributed by atoms with Crippen LogP contribution < -0.4 is 0 Å². The summed E-state index contributed by atoms with van der Waals surface area (Å²) in [5.41, 5.74) is 3.33. The molecule has 0 bridgehead atoms. The van der Waals surface area contributed by atoms with Crippen LogP contribution >= 0.6 is 23.8 Å². The Bertz CT molecular complexity index is 818. The van der Waals surface area contributed by atoms with Crippen molar-refractivity contribution in [3.63, 3.8) is 0 Å². The number of nitrogens with one attached hydrogen (secondary N) is 1. The molecule has 1 heterocycles. The summed E-state index contributed by atoms with van der Waals surface area (Å²) >= 11 is 11.4. The summed E-state index contributed by atoms with van der Waals surface area (Å²) in [6, 6.07) is 16.0. The fraction of sp³-hybridized carbons (Fsp3) is 0.125. The number of rotatable bonds is 3. The Kier molecular flexibility index (Phi) is 3.90. The van der Waals surface area contributed by atoms with Gasteiger partial charge in [0.25, 0.3) is 0 Å². The van der Waals surface area contributed by atoms with Crippen LogP contribution in [-0.4, -0.2) is 14.8 Å². The van der Waals surface area contributed by atoms with Crippen molar-refractivity contribution in [1.29, 1.82) is 0 Å². The number of aromatic amines is 1. The SMILES string of the molecule is Cc1ccc(-n2c(Cc3cccc(Cl)c3)n[nH]c2=S)cc1. The molecule has 2 aromatic carbocycles. The minimum absolute atomic E-state index is 0.593. The van der Waals surface area contributed by atoms with Gasteiger partial charge in [-0.1, -0.05) is 41.4 Å². The van der Waals surface area contributed by atoms with E-state index >= 15 is 0 Å². The molecule has 21 heavy (non-hydrogen) atoms. The molecule has 0 saturated heterocycles. The highest BCUT2D eigenvalue weighted by atomic mass is 35.5. The number of hydrogen-bond donors (Lipinski definition) is 1. The molecule has 1 N–H and O–H groups in total. The zero-order valence-electron chi connectivity index (χ0n) is 11.5. The van der Waals surface area contributed by atoms with Crippen molar-refractivity contribution in [2.75, 3.05) is 0 Å². The number of H-pyrrole nitrogens is 1. The smallest absolute Gasteiger partial charge is 0.199 e. The minimum atomic E-state index is 0.593. The predicted octanol–water partition coefficient (Wildman–Crippen LogP) is 4.48. The van der Waals surface area contributed by atoms with Gasteiger partial charge in [-0.05, 0) is 49.0 Å². The van der Waals surface area contributed by atoms with Crippen LogP contribution in [0.3, 0.4) is 0 Å². The topological polar surface area (TPSA) is 33.6 Å². The molecule has 0 radical (unpaired) electrons. The molecular formula is C16H14ClN3S. The molecule has 1 aromatic heterocycles. The van der Waals surface area contributed by atoms with E-state index in [0.717, 1.165) is 22.1 Å². The minimum Gasteiger partial charge on any atom is -0.272 e. The maximum absolute atomic E-state index is 6.03. The van der Waals surface area contributed by atoms with Crippen molar-refractivity contribution in [3.8, 4) is 5.69 Å². The van der Waals surface area contributed by atoms with Gasteiger partial charge in [0.2, 0.25) is 0 Å². The zero-order valence-corrected chi connectivity index (χ0v) is 13.1. The van der Waals surface area contributed by atoms with Gasteiger partial charge in [-0.15, -0.1) is 0 Å². The third-order valence-electron chi connectivity index (χ3n) is 3.29. The Morgan fingerprint density at radius 2 is 1.95 bits per heavy atom. The fourth-order valence-corrected chi connectivity index (χ4v) is 2.71. The molecule has 0 spiro atoms. The Hall–Kier alpha value is -1.91. The lowest BCUT2D eigenvalue weighted by atomic mass is 10.1. The highest BCUT2D eigenvalue weighted by Crippen LogP contribution is 2.17. The van der Waals surface area contributed by atoms with Crippen molar-refractivity contribution in [2.45, 2.75) is 13.3 Å². The maximum atomic E-state index is 6.03. The summed E-state index contributed by atoms with van der Waals surface area (Å²) in [5.74, 6) is 0.867. The van der Waals surface area contributed by atoms with Crippen LogP contribution in [0.15, 0.2) is 48.5 Å². The number of nitrogens with zero attached hydrogens (tertiary/aromatic N) is 2. The number of hydrogen-bond acceptors (Lipinski definition) is 2. The van der Waals surface area contributed by atoms with E-state index in [0.29, 0.717) is 11.2 Å². The molecule has 3 nitrogen and oxygen atoms in total. The Morgan fingerprint density at radius 3 is 2.67 bits per heavy atom. The van der Waals surface area contributed by atoms with Gasteiger partial charge in [0, 0.05) is 17.1 Å². The van der Waals surface area contributed by atoms with Crippen molar-refractivity contribution in [1.82, 2.24) is 14.8 Å². The molecule has 0 aliphatic carbocycles. The third-order valence-corrected chi connectivity index (χ3v) is 3.79. The Balaban J connectivity index is 2.01. The van der Waals surface area contributed by atoms with E-state index in [-0.39, 0.29) is 0 Å². The summed E-state index contributed by atoms with van der Waals surface area (Å²) in [6.07, 6.45) is 0.668. The Morgan fingerprint density at radius 1 is 1.19 bits per heavy atom. The first kappa shape index (κ1) is 14.0. The van der Waals surface area contributed by atoms with E-state index in [2.05, 4.69) is 29.3 Å². The molecule has 0 aliphatic heterocycles. The highest BCUT2D eigenvalue weighted by molar-refractivity contribution is 7.71. The van der Waals surface area contributed by atoms with Crippen LogP contribution in [0.5, 0.6) is 0 Å². The quantitative estimate of drug-likeness (QED) is 0.723. The van der Waals surface area contributed by atoms with Gasteiger partial charge in [-0.2, -0.15) is 5.10 Å². The van der Waals surface area contributed by atoms with Crippen LogP contribution in [-0.2, 0) is 6.42 Å². The van der Waals surface area contributed by atoms with Gasteiger partial charge in [0.05, 0.1) is 0 Å². The zero-order chi connectivity index (χ0) is 14.8. The van der Waals surface area contributed by atoms with E-state index in [1.54, 1.807) is 0 Å². The average Bonchev–Trinajstić information content (AvgIpc) is 2.81. The van der Waals surface area contributed by atoms with Crippen LogP contribution in [0.4, 0.5) is 0 Å². The fourth-order valence-electron chi connectivity index (χ4n) is 2.24. The molecule has 0 aliphatic rings. The van der Waals surface area contributed by atoms with Crippen molar-refractivity contribution in [2.24, 2.45) is 0 Å². The lowest BCUT2D eigenvalue weighted by molar-refractivity contribution is 0.902. The number of benzene rings is 2. The lowest BCUT2D eigenvalue weighted by Crippen LogP contribution is -2.02. The lowest BCUT2D eigenvalue weighted by Gasteiger charge is -2.07. The first-order valence-electron chi connectivity index (χ1n) is 6.61. The van der Waals surface area contributed by atoms with E-state index in [1.165, 1.54) is 5.56 Å². The number of halogens is 1. The monoisotopic (exact) mass is 315 g/mol. The third kappa shape index (κ3) is 3.06. The summed E-state index contributed by atoms with van der Waals surface area (Å²) in [4.78, 5) is 0. The first-order chi connectivity index (χ1) is 10.1. The molecule has 0 saturated carbocycles. The van der Waals surface area contributed by atoms with Crippen LogP contribution in [0.2, 0.25) is 5.02 Å². The van der Waals surface area contributed by atoms with Gasteiger partial charge in [-0.3, -0.25) is 9.67 Å².